The van der Waals surface area contributed by atoms with Gasteiger partial charge >= 0.3 is 11.9 Å². The molecule has 0 bridgehead atoms. The van der Waals surface area contributed by atoms with Crippen LogP contribution in [0.4, 0.5) is 0 Å². The van der Waals surface area contributed by atoms with Crippen molar-refractivity contribution in [3.63, 3.8) is 0 Å². The topological polar surface area (TPSA) is 152 Å². The summed E-state index contributed by atoms with van der Waals surface area (Å²) in [7, 11) is 2.60. The highest BCUT2D eigenvalue weighted by Gasteiger charge is 2.27. The standard InChI is InChI=1S/C19H20Br4O4.C10H10O4.C4H10O2/c1-19(2,11-7-13(20)17(14(21)8-11)26-5-3-24)12-9-15(22)18(16(23)10-12)27-6-4-25;1-13-9(11)7-3-5-8(6-4-7)10(12)14-2;5-3-1-2-4-6/h7-10,24-25H,3-6H2,1-2H3;3-6H,1-2H3;5-6H,1-4H2. The summed E-state index contributed by atoms with van der Waals surface area (Å²) in [5, 5.41) is 34.1. The summed E-state index contributed by atoms with van der Waals surface area (Å²) in [5.41, 5.74) is 2.67. The number of hydrogen-bond acceptors (Lipinski definition) is 10. The Labute approximate surface area is 308 Å². The summed E-state index contributed by atoms with van der Waals surface area (Å²) < 4.78 is 23.4. The van der Waals surface area contributed by atoms with E-state index in [9.17, 15) is 9.59 Å². The van der Waals surface area contributed by atoms with Crippen molar-refractivity contribution in [1.29, 1.82) is 0 Å². The molecule has 0 aliphatic heterocycles. The van der Waals surface area contributed by atoms with E-state index in [1.165, 1.54) is 38.5 Å². The molecule has 0 spiro atoms. The Bertz CT molecular complexity index is 1260. The van der Waals surface area contributed by atoms with Crippen molar-refractivity contribution in [2.24, 2.45) is 0 Å². The van der Waals surface area contributed by atoms with Crippen LogP contribution in [0.15, 0.2) is 66.4 Å². The predicted molar refractivity (Wildman–Crippen MR) is 194 cm³/mol. The van der Waals surface area contributed by atoms with Crippen LogP contribution >= 0.6 is 63.7 Å². The molecule has 3 rings (SSSR count). The number of aliphatic hydroxyl groups excluding tert-OH is 4. The van der Waals surface area contributed by atoms with E-state index in [0.717, 1.165) is 41.9 Å². The number of unbranched alkanes of at least 4 members (excludes halogenated alkanes) is 1. The number of ether oxygens (including phenoxy) is 4. The number of methoxy groups -OCH3 is 2. The van der Waals surface area contributed by atoms with E-state index in [2.05, 4.69) is 87.0 Å². The number of rotatable bonds is 13. The van der Waals surface area contributed by atoms with E-state index in [4.69, 9.17) is 29.9 Å². The smallest absolute Gasteiger partial charge is 0.337 e. The van der Waals surface area contributed by atoms with E-state index >= 15 is 0 Å². The maximum atomic E-state index is 11.0. The number of carbonyl (C=O) groups is 2. The molecule has 0 saturated carbocycles. The Morgan fingerprint density at radius 1 is 0.596 bits per heavy atom. The maximum Gasteiger partial charge on any atom is 0.337 e. The van der Waals surface area contributed by atoms with Crippen molar-refractivity contribution in [2.75, 3.05) is 53.9 Å². The minimum absolute atomic E-state index is 0.0428. The molecule has 0 fully saturated rings. The van der Waals surface area contributed by atoms with Crippen LogP contribution < -0.4 is 9.47 Å². The van der Waals surface area contributed by atoms with Crippen LogP contribution in [0.25, 0.3) is 0 Å². The monoisotopic (exact) mass is 912 g/mol. The van der Waals surface area contributed by atoms with Gasteiger partial charge in [0.15, 0.2) is 0 Å². The Morgan fingerprint density at radius 2 is 0.894 bits per heavy atom. The van der Waals surface area contributed by atoms with Gasteiger partial charge in [-0.2, -0.15) is 0 Å². The minimum Gasteiger partial charge on any atom is -0.489 e. The molecular formula is C33H40Br4O10. The largest absolute Gasteiger partial charge is 0.489 e. The van der Waals surface area contributed by atoms with Gasteiger partial charge in [0.25, 0.3) is 0 Å². The van der Waals surface area contributed by atoms with Crippen LogP contribution in [-0.2, 0) is 14.9 Å². The third kappa shape index (κ3) is 13.8. The van der Waals surface area contributed by atoms with Gasteiger partial charge in [0.1, 0.15) is 24.7 Å². The average molecular weight is 916 g/mol. The number of aliphatic hydroxyl groups is 4. The zero-order valence-corrected chi connectivity index (χ0v) is 32.9. The predicted octanol–water partition coefficient (Wildman–Crippen LogP) is 6.82. The lowest BCUT2D eigenvalue weighted by Crippen LogP contribution is -2.19. The zero-order valence-electron chi connectivity index (χ0n) is 26.5. The molecule has 10 nitrogen and oxygen atoms in total. The lowest BCUT2D eigenvalue weighted by atomic mass is 9.78. The summed E-state index contributed by atoms with van der Waals surface area (Å²) in [5.74, 6) is 0.472. The van der Waals surface area contributed by atoms with Crippen molar-refractivity contribution >= 4 is 75.7 Å². The summed E-state index contributed by atoms with van der Waals surface area (Å²) in [6.07, 6.45) is 1.44. The van der Waals surface area contributed by atoms with Gasteiger partial charge in [0, 0.05) is 18.6 Å². The van der Waals surface area contributed by atoms with Crippen LogP contribution in [0, 0.1) is 0 Å². The van der Waals surface area contributed by atoms with Crippen LogP contribution in [0.3, 0.4) is 0 Å². The maximum absolute atomic E-state index is 11.0. The fraction of sp³-hybridized carbons (Fsp3) is 0.394. The molecule has 0 saturated heterocycles. The molecule has 3 aromatic rings. The first-order chi connectivity index (χ1) is 22.3. The number of benzene rings is 3. The highest BCUT2D eigenvalue weighted by molar-refractivity contribution is 9.11. The summed E-state index contributed by atoms with van der Waals surface area (Å²) >= 11 is 14.3. The van der Waals surface area contributed by atoms with Crippen LogP contribution in [0.2, 0.25) is 0 Å². The van der Waals surface area contributed by atoms with Crippen LogP contribution in [-0.4, -0.2) is 86.2 Å². The Morgan fingerprint density at radius 3 is 1.13 bits per heavy atom. The summed E-state index contributed by atoms with van der Waals surface area (Å²) in [6.45, 7) is 5.04. The first kappa shape index (κ1) is 43.0. The fourth-order valence-corrected chi connectivity index (χ4v) is 6.61. The third-order valence-corrected chi connectivity index (χ3v) is 8.76. The molecule has 3 aromatic carbocycles. The van der Waals surface area contributed by atoms with Gasteiger partial charge in [0.05, 0.1) is 56.5 Å². The van der Waals surface area contributed by atoms with Crippen molar-refractivity contribution in [2.45, 2.75) is 32.1 Å². The van der Waals surface area contributed by atoms with E-state index in [-0.39, 0.29) is 45.1 Å². The number of halogens is 4. The molecule has 4 N–H and O–H groups in total. The first-order valence-electron chi connectivity index (χ1n) is 14.3. The lowest BCUT2D eigenvalue weighted by molar-refractivity contribution is 0.0586. The quantitative estimate of drug-likeness (QED) is 0.106. The summed E-state index contributed by atoms with van der Waals surface area (Å²) in [6, 6.07) is 14.1. The second kappa shape index (κ2) is 22.6. The van der Waals surface area contributed by atoms with Gasteiger partial charge in [-0.15, -0.1) is 0 Å². The zero-order chi connectivity index (χ0) is 35.6. The van der Waals surface area contributed by atoms with E-state index in [1.807, 2.05) is 24.3 Å². The SMILES string of the molecule is CC(C)(c1cc(Br)c(OCCO)c(Br)c1)c1cc(Br)c(OCCO)c(Br)c1.COC(=O)c1ccc(C(=O)OC)cc1.OCCCCO. The number of carbonyl (C=O) groups excluding carboxylic acids is 2. The highest BCUT2D eigenvalue weighted by Crippen LogP contribution is 2.44. The van der Waals surface area contributed by atoms with Gasteiger partial charge in [-0.1, -0.05) is 13.8 Å². The molecule has 0 amide bonds. The Hall–Kier alpha value is -2.04. The van der Waals surface area contributed by atoms with Gasteiger partial charge in [0.2, 0.25) is 0 Å². The van der Waals surface area contributed by atoms with Crippen LogP contribution in [0.5, 0.6) is 11.5 Å². The Kier molecular flexibility index (Phi) is 20.6. The highest BCUT2D eigenvalue weighted by atomic mass is 79.9. The molecule has 0 aliphatic carbocycles. The molecular weight excluding hydrogens is 876 g/mol. The third-order valence-electron chi connectivity index (χ3n) is 6.41. The van der Waals surface area contributed by atoms with Gasteiger partial charge in [-0.05, 0) is 136 Å². The number of hydrogen-bond donors (Lipinski definition) is 4. The van der Waals surface area contributed by atoms with Gasteiger partial charge in [-0.3, -0.25) is 0 Å². The molecule has 0 aliphatic rings. The van der Waals surface area contributed by atoms with E-state index in [0.29, 0.717) is 22.6 Å². The Balaban J connectivity index is 0.000000457. The van der Waals surface area contributed by atoms with Crippen molar-refractivity contribution in [1.82, 2.24) is 0 Å². The molecule has 0 atom stereocenters. The van der Waals surface area contributed by atoms with Crippen molar-refractivity contribution in [3.05, 3.63) is 88.7 Å². The molecule has 0 radical (unpaired) electrons. The molecule has 260 valence electrons. The number of esters is 2. The van der Waals surface area contributed by atoms with E-state index < -0.39 is 11.9 Å². The second-order valence-electron chi connectivity index (χ2n) is 10.0. The van der Waals surface area contributed by atoms with Gasteiger partial charge < -0.3 is 39.4 Å². The molecule has 0 unspecified atom stereocenters. The van der Waals surface area contributed by atoms with Crippen molar-refractivity contribution < 1.29 is 49.0 Å². The molecule has 0 heterocycles. The molecule has 0 aromatic heterocycles. The normalized spacial score (nSPS) is 10.6. The van der Waals surface area contributed by atoms with Gasteiger partial charge in [-0.25, -0.2) is 9.59 Å². The lowest BCUT2D eigenvalue weighted by Gasteiger charge is -2.28. The average Bonchev–Trinajstić information content (AvgIpc) is 3.06. The minimum atomic E-state index is -0.429. The van der Waals surface area contributed by atoms with Crippen molar-refractivity contribution in [3.8, 4) is 11.5 Å². The first-order valence-corrected chi connectivity index (χ1v) is 17.4. The summed E-state index contributed by atoms with van der Waals surface area (Å²) in [4.78, 5) is 22.1. The second-order valence-corrected chi connectivity index (χ2v) is 13.4. The molecule has 47 heavy (non-hydrogen) atoms. The fourth-order valence-electron chi connectivity index (χ4n) is 3.78. The van der Waals surface area contributed by atoms with E-state index in [1.54, 1.807) is 0 Å². The molecule has 14 heteroatoms. The van der Waals surface area contributed by atoms with Crippen LogP contribution in [0.1, 0.15) is 58.5 Å².